The van der Waals surface area contributed by atoms with E-state index in [-0.39, 0.29) is 5.82 Å². The van der Waals surface area contributed by atoms with Gasteiger partial charge in [0.1, 0.15) is 0 Å². The first-order valence-corrected chi connectivity index (χ1v) is 7.08. The fraction of sp³-hybridized carbons (Fsp3) is 0.600. The topological polar surface area (TPSA) is 24.5 Å². The van der Waals surface area contributed by atoms with Crippen molar-refractivity contribution in [3.05, 3.63) is 29.6 Å². The maximum absolute atomic E-state index is 13.9. The van der Waals surface area contributed by atoms with Crippen molar-refractivity contribution in [3.8, 4) is 5.75 Å². The van der Waals surface area contributed by atoms with Crippen LogP contribution >= 0.6 is 0 Å². The van der Waals surface area contributed by atoms with Crippen LogP contribution in [0.15, 0.2) is 18.2 Å². The van der Waals surface area contributed by atoms with Gasteiger partial charge >= 0.3 is 0 Å². The predicted molar refractivity (Wildman–Crippen MR) is 72.9 cm³/mol. The average molecular weight is 264 g/mol. The lowest BCUT2D eigenvalue weighted by Crippen LogP contribution is -2.45. The van der Waals surface area contributed by atoms with E-state index in [4.69, 9.17) is 4.74 Å². The van der Waals surface area contributed by atoms with Crippen molar-refractivity contribution >= 4 is 0 Å². The summed E-state index contributed by atoms with van der Waals surface area (Å²) in [4.78, 5) is 2.50. The summed E-state index contributed by atoms with van der Waals surface area (Å²) < 4.78 is 18.9. The number of rotatable bonds is 4. The van der Waals surface area contributed by atoms with Crippen LogP contribution in [-0.2, 0) is 0 Å². The lowest BCUT2D eigenvalue weighted by molar-refractivity contribution is 0.156. The highest BCUT2D eigenvalue weighted by atomic mass is 19.1. The van der Waals surface area contributed by atoms with Gasteiger partial charge in [-0.25, -0.2) is 4.39 Å². The normalized spacial score (nSPS) is 22.2. The van der Waals surface area contributed by atoms with E-state index in [2.05, 4.69) is 10.2 Å². The van der Waals surface area contributed by atoms with Crippen molar-refractivity contribution < 1.29 is 9.13 Å². The zero-order chi connectivity index (χ0) is 13.2. The molecule has 104 valence electrons. The number of hydrogen-bond acceptors (Lipinski definition) is 3. The number of piperazine rings is 1. The van der Waals surface area contributed by atoms with Gasteiger partial charge in [-0.15, -0.1) is 0 Å². The Morgan fingerprint density at radius 1 is 1.32 bits per heavy atom. The van der Waals surface area contributed by atoms with E-state index in [9.17, 15) is 4.39 Å². The molecule has 2 aliphatic rings. The molecule has 2 fully saturated rings. The van der Waals surface area contributed by atoms with Crippen LogP contribution in [-0.4, -0.2) is 38.2 Å². The number of methoxy groups -OCH3 is 1. The van der Waals surface area contributed by atoms with E-state index in [0.29, 0.717) is 17.7 Å². The molecule has 1 N–H and O–H groups in total. The Bertz CT molecular complexity index is 442. The number of ether oxygens (including phenoxy) is 1. The third-order valence-corrected chi connectivity index (χ3v) is 4.13. The molecule has 0 bridgehead atoms. The predicted octanol–water partition coefficient (Wildman–Crippen LogP) is 2.19. The lowest BCUT2D eigenvalue weighted by atomic mass is 9.99. The first-order chi connectivity index (χ1) is 9.29. The maximum Gasteiger partial charge on any atom is 0.165 e. The molecule has 0 radical (unpaired) electrons. The molecule has 1 atom stereocenters. The van der Waals surface area contributed by atoms with Gasteiger partial charge < -0.3 is 10.1 Å². The van der Waals surface area contributed by atoms with Crippen LogP contribution in [0.3, 0.4) is 0 Å². The largest absolute Gasteiger partial charge is 0.494 e. The molecule has 0 unspecified atom stereocenters. The average Bonchev–Trinajstić information content (AvgIpc) is 3.25. The Balaban J connectivity index is 1.84. The lowest BCUT2D eigenvalue weighted by Gasteiger charge is -2.35. The van der Waals surface area contributed by atoms with E-state index in [1.165, 1.54) is 20.0 Å². The summed E-state index contributed by atoms with van der Waals surface area (Å²) in [6.45, 7) is 4.16. The molecule has 1 saturated carbocycles. The summed E-state index contributed by atoms with van der Waals surface area (Å²) in [6.07, 6.45) is 2.53. The SMILES string of the molecule is COc1ccc([C@@H](C2CC2)N2CCNCC2)cc1F. The third kappa shape index (κ3) is 2.74. The van der Waals surface area contributed by atoms with E-state index in [1.54, 1.807) is 12.1 Å². The second-order valence-corrected chi connectivity index (χ2v) is 5.46. The van der Waals surface area contributed by atoms with Crippen LogP contribution in [0.4, 0.5) is 4.39 Å². The van der Waals surface area contributed by atoms with Gasteiger partial charge in [0.25, 0.3) is 0 Å². The highest BCUT2D eigenvalue weighted by Crippen LogP contribution is 2.45. The Labute approximate surface area is 113 Å². The molecule has 0 spiro atoms. The monoisotopic (exact) mass is 264 g/mol. The van der Waals surface area contributed by atoms with Crippen molar-refractivity contribution in [2.24, 2.45) is 5.92 Å². The molecular formula is C15H21FN2O. The minimum atomic E-state index is -0.249. The van der Waals surface area contributed by atoms with E-state index >= 15 is 0 Å². The van der Waals surface area contributed by atoms with Gasteiger partial charge in [0, 0.05) is 32.2 Å². The zero-order valence-corrected chi connectivity index (χ0v) is 11.4. The summed E-state index contributed by atoms with van der Waals surface area (Å²) >= 11 is 0. The fourth-order valence-corrected chi connectivity index (χ4v) is 3.02. The molecule has 1 aliphatic heterocycles. The quantitative estimate of drug-likeness (QED) is 0.902. The number of halogens is 1. The molecule has 19 heavy (non-hydrogen) atoms. The molecular weight excluding hydrogens is 243 g/mol. The maximum atomic E-state index is 13.9. The van der Waals surface area contributed by atoms with Crippen LogP contribution < -0.4 is 10.1 Å². The Kier molecular flexibility index (Phi) is 3.71. The minimum absolute atomic E-state index is 0.249. The van der Waals surface area contributed by atoms with Crippen LogP contribution in [0.1, 0.15) is 24.4 Å². The first kappa shape index (κ1) is 12.9. The molecule has 1 aromatic carbocycles. The molecule has 1 aromatic rings. The summed E-state index contributed by atoms with van der Waals surface area (Å²) in [5.41, 5.74) is 1.10. The molecule has 0 aromatic heterocycles. The fourth-order valence-electron chi connectivity index (χ4n) is 3.02. The van der Waals surface area contributed by atoms with Crippen LogP contribution in [0.2, 0.25) is 0 Å². The van der Waals surface area contributed by atoms with Crippen LogP contribution in [0.25, 0.3) is 0 Å². The van der Waals surface area contributed by atoms with Crippen molar-refractivity contribution in [3.63, 3.8) is 0 Å². The second kappa shape index (κ2) is 5.47. The number of nitrogens with zero attached hydrogens (tertiary/aromatic N) is 1. The Morgan fingerprint density at radius 3 is 2.63 bits per heavy atom. The summed E-state index contributed by atoms with van der Waals surface area (Å²) in [5, 5.41) is 3.37. The molecule has 1 saturated heterocycles. The second-order valence-electron chi connectivity index (χ2n) is 5.46. The summed E-state index contributed by atoms with van der Waals surface area (Å²) in [6, 6.07) is 5.81. The van der Waals surface area contributed by atoms with Crippen molar-refractivity contribution in [2.75, 3.05) is 33.3 Å². The summed E-state index contributed by atoms with van der Waals surface area (Å²) in [7, 11) is 1.51. The highest BCUT2D eigenvalue weighted by molar-refractivity contribution is 5.32. The standard InChI is InChI=1S/C15H21FN2O/c1-19-14-5-4-12(10-13(14)16)15(11-2-3-11)18-8-6-17-7-9-18/h4-5,10-11,15,17H,2-3,6-9H2,1H3/t15-/m1/s1. The Morgan fingerprint density at radius 2 is 2.05 bits per heavy atom. The van der Waals surface area contributed by atoms with Gasteiger partial charge in [0.05, 0.1) is 7.11 Å². The molecule has 3 nitrogen and oxygen atoms in total. The van der Waals surface area contributed by atoms with Crippen LogP contribution in [0, 0.1) is 11.7 Å². The summed E-state index contributed by atoms with van der Waals surface area (Å²) in [5.74, 6) is 0.783. The third-order valence-electron chi connectivity index (χ3n) is 4.13. The number of benzene rings is 1. The van der Waals surface area contributed by atoms with Crippen molar-refractivity contribution in [1.82, 2.24) is 10.2 Å². The van der Waals surface area contributed by atoms with E-state index in [1.807, 2.05) is 6.07 Å². The van der Waals surface area contributed by atoms with Crippen molar-refractivity contribution in [2.45, 2.75) is 18.9 Å². The van der Waals surface area contributed by atoms with Crippen molar-refractivity contribution in [1.29, 1.82) is 0 Å². The first-order valence-electron chi connectivity index (χ1n) is 7.08. The molecule has 3 rings (SSSR count). The smallest absolute Gasteiger partial charge is 0.165 e. The number of hydrogen-bond donors (Lipinski definition) is 1. The molecule has 1 heterocycles. The van der Waals surface area contributed by atoms with Gasteiger partial charge in [-0.1, -0.05) is 6.07 Å². The molecule has 1 aliphatic carbocycles. The van der Waals surface area contributed by atoms with E-state index in [0.717, 1.165) is 31.7 Å². The molecule has 4 heteroatoms. The van der Waals surface area contributed by atoms with Gasteiger partial charge in [-0.2, -0.15) is 0 Å². The zero-order valence-electron chi connectivity index (χ0n) is 11.4. The minimum Gasteiger partial charge on any atom is -0.494 e. The van der Waals surface area contributed by atoms with Crippen LogP contribution in [0.5, 0.6) is 5.75 Å². The van der Waals surface area contributed by atoms with Gasteiger partial charge in [-0.05, 0) is 36.5 Å². The Hall–Kier alpha value is -1.13. The van der Waals surface area contributed by atoms with E-state index < -0.39 is 0 Å². The number of nitrogens with one attached hydrogen (secondary N) is 1. The molecule has 0 amide bonds. The highest BCUT2D eigenvalue weighted by Gasteiger charge is 2.36. The van der Waals surface area contributed by atoms with Gasteiger partial charge in [0.15, 0.2) is 11.6 Å². The van der Waals surface area contributed by atoms with Gasteiger partial charge in [0.2, 0.25) is 0 Å². The van der Waals surface area contributed by atoms with Gasteiger partial charge in [-0.3, -0.25) is 4.90 Å².